The van der Waals surface area contributed by atoms with Gasteiger partial charge in [0.05, 0.1) is 11.4 Å². The van der Waals surface area contributed by atoms with Crippen LogP contribution < -0.4 is 5.32 Å². The van der Waals surface area contributed by atoms with Gasteiger partial charge in [-0.25, -0.2) is 13.4 Å². The monoisotopic (exact) mass is 343 g/mol. The predicted molar refractivity (Wildman–Crippen MR) is 95.7 cm³/mol. The van der Waals surface area contributed by atoms with Crippen LogP contribution in [0.25, 0.3) is 5.65 Å². The summed E-state index contributed by atoms with van der Waals surface area (Å²) in [5, 5.41) is 3.33. The van der Waals surface area contributed by atoms with Gasteiger partial charge in [-0.15, -0.1) is 0 Å². The first-order valence-electron chi connectivity index (χ1n) is 7.81. The van der Waals surface area contributed by atoms with Crippen LogP contribution in [0.3, 0.4) is 0 Å². The first-order chi connectivity index (χ1) is 11.4. The molecule has 126 valence electrons. The molecule has 1 N–H and O–H groups in total. The molecule has 0 saturated carbocycles. The summed E-state index contributed by atoms with van der Waals surface area (Å²) in [4.78, 5) is 4.57. The summed E-state index contributed by atoms with van der Waals surface area (Å²) in [5.41, 5.74) is 3.90. The van der Waals surface area contributed by atoms with E-state index in [-0.39, 0.29) is 11.8 Å². The van der Waals surface area contributed by atoms with Crippen molar-refractivity contribution in [2.45, 2.75) is 19.5 Å². The molecule has 0 amide bonds. The van der Waals surface area contributed by atoms with Crippen molar-refractivity contribution in [2.24, 2.45) is 0 Å². The summed E-state index contributed by atoms with van der Waals surface area (Å²) in [6, 6.07) is 13.4. The van der Waals surface area contributed by atoms with Gasteiger partial charge in [0, 0.05) is 31.2 Å². The van der Waals surface area contributed by atoms with Gasteiger partial charge in [-0.3, -0.25) is 0 Å². The van der Waals surface area contributed by atoms with Gasteiger partial charge in [0.2, 0.25) is 0 Å². The second-order valence-corrected chi connectivity index (χ2v) is 8.33. The molecular weight excluding hydrogens is 322 g/mol. The Morgan fingerprint density at radius 3 is 2.58 bits per heavy atom. The van der Waals surface area contributed by atoms with Crippen molar-refractivity contribution in [3.8, 4) is 0 Å². The molecule has 3 aromatic rings. The average molecular weight is 343 g/mol. The van der Waals surface area contributed by atoms with Gasteiger partial charge in [-0.05, 0) is 24.1 Å². The van der Waals surface area contributed by atoms with E-state index in [0.29, 0.717) is 6.54 Å². The molecule has 0 aliphatic heterocycles. The molecule has 5 nitrogen and oxygen atoms in total. The standard InChI is InChI=1S/C18H21N3O2S/c1-14-8-9-18-20-16(12-21(18)11-14)10-19-17(13-24(2,22)23)15-6-4-3-5-7-15/h3-9,11-12,17,19H,10,13H2,1-2H3/t17-/m1/s1. The number of aromatic nitrogens is 2. The van der Waals surface area contributed by atoms with Crippen molar-refractivity contribution in [1.29, 1.82) is 0 Å². The molecule has 0 saturated heterocycles. The van der Waals surface area contributed by atoms with Crippen LogP contribution in [0, 0.1) is 6.92 Å². The van der Waals surface area contributed by atoms with Crippen LogP contribution in [0.15, 0.2) is 54.9 Å². The molecule has 1 aromatic carbocycles. The van der Waals surface area contributed by atoms with E-state index in [1.807, 2.05) is 66.2 Å². The largest absolute Gasteiger partial charge is 0.307 e. The summed E-state index contributed by atoms with van der Waals surface area (Å²) in [7, 11) is -3.09. The lowest BCUT2D eigenvalue weighted by atomic mass is 10.1. The van der Waals surface area contributed by atoms with Crippen molar-refractivity contribution >= 4 is 15.5 Å². The van der Waals surface area contributed by atoms with Crippen LogP contribution in [-0.2, 0) is 16.4 Å². The third kappa shape index (κ3) is 4.21. The maximum absolute atomic E-state index is 11.7. The van der Waals surface area contributed by atoms with Gasteiger partial charge in [0.25, 0.3) is 0 Å². The summed E-state index contributed by atoms with van der Waals surface area (Å²) in [6.45, 7) is 2.55. The minimum absolute atomic E-state index is 0.0590. The van der Waals surface area contributed by atoms with Gasteiger partial charge in [0.1, 0.15) is 15.5 Å². The van der Waals surface area contributed by atoms with Crippen LogP contribution in [0.1, 0.15) is 22.9 Å². The van der Waals surface area contributed by atoms with E-state index in [9.17, 15) is 8.42 Å². The second-order valence-electron chi connectivity index (χ2n) is 6.14. The molecule has 24 heavy (non-hydrogen) atoms. The van der Waals surface area contributed by atoms with Crippen molar-refractivity contribution in [3.63, 3.8) is 0 Å². The van der Waals surface area contributed by atoms with Crippen LogP contribution in [-0.4, -0.2) is 29.8 Å². The van der Waals surface area contributed by atoms with Gasteiger partial charge >= 0.3 is 0 Å². The maximum atomic E-state index is 11.7. The van der Waals surface area contributed by atoms with E-state index in [1.165, 1.54) is 11.8 Å². The average Bonchev–Trinajstić information content (AvgIpc) is 2.93. The number of sulfone groups is 1. The Bertz CT molecular complexity index is 933. The number of rotatable bonds is 6. The number of hydrogen-bond donors (Lipinski definition) is 1. The van der Waals surface area contributed by atoms with Crippen LogP contribution in [0.2, 0.25) is 0 Å². The zero-order valence-electron chi connectivity index (χ0n) is 13.8. The highest BCUT2D eigenvalue weighted by molar-refractivity contribution is 7.90. The van der Waals surface area contributed by atoms with Gasteiger partial charge in [-0.1, -0.05) is 36.4 Å². The molecule has 0 bridgehead atoms. The molecule has 0 radical (unpaired) electrons. The second kappa shape index (κ2) is 6.75. The quantitative estimate of drug-likeness (QED) is 0.747. The minimum Gasteiger partial charge on any atom is -0.307 e. The Balaban J connectivity index is 1.79. The van der Waals surface area contributed by atoms with Crippen molar-refractivity contribution in [2.75, 3.05) is 12.0 Å². The number of nitrogens with zero attached hydrogens (tertiary/aromatic N) is 2. The zero-order valence-corrected chi connectivity index (χ0v) is 14.6. The number of fused-ring (bicyclic) bond motifs is 1. The summed E-state index contributed by atoms with van der Waals surface area (Å²) < 4.78 is 25.5. The Morgan fingerprint density at radius 2 is 1.88 bits per heavy atom. The molecule has 0 fully saturated rings. The van der Waals surface area contributed by atoms with E-state index < -0.39 is 9.84 Å². The van der Waals surface area contributed by atoms with E-state index in [0.717, 1.165) is 16.9 Å². The number of hydrogen-bond acceptors (Lipinski definition) is 4. The molecule has 1 atom stereocenters. The topological polar surface area (TPSA) is 63.5 Å². The normalized spacial score (nSPS) is 13.2. The van der Waals surface area contributed by atoms with Gasteiger partial charge < -0.3 is 9.72 Å². The van der Waals surface area contributed by atoms with Crippen LogP contribution in [0.4, 0.5) is 0 Å². The molecule has 2 aromatic heterocycles. The number of pyridine rings is 1. The first kappa shape index (κ1) is 16.7. The Morgan fingerprint density at radius 1 is 1.12 bits per heavy atom. The third-order valence-electron chi connectivity index (χ3n) is 3.85. The van der Waals surface area contributed by atoms with Gasteiger partial charge in [-0.2, -0.15) is 0 Å². The maximum Gasteiger partial charge on any atom is 0.149 e. The lowest BCUT2D eigenvalue weighted by Crippen LogP contribution is -2.27. The highest BCUT2D eigenvalue weighted by Crippen LogP contribution is 2.16. The lowest BCUT2D eigenvalue weighted by Gasteiger charge is -2.17. The molecule has 3 rings (SSSR count). The number of benzene rings is 1. The minimum atomic E-state index is -3.09. The molecule has 2 heterocycles. The SMILES string of the molecule is Cc1ccc2nc(CN[C@H](CS(C)(=O)=O)c3ccccc3)cn2c1. The number of aryl methyl sites for hydroxylation is 1. The Kier molecular flexibility index (Phi) is 4.69. The van der Waals surface area contributed by atoms with E-state index >= 15 is 0 Å². The first-order valence-corrected chi connectivity index (χ1v) is 9.87. The zero-order chi connectivity index (χ0) is 17.2. The lowest BCUT2D eigenvalue weighted by molar-refractivity contribution is 0.547. The van der Waals surface area contributed by atoms with Gasteiger partial charge in [0.15, 0.2) is 0 Å². The molecule has 6 heteroatoms. The van der Waals surface area contributed by atoms with E-state index in [4.69, 9.17) is 0 Å². The smallest absolute Gasteiger partial charge is 0.149 e. The molecule has 0 unspecified atom stereocenters. The van der Waals surface area contributed by atoms with E-state index in [2.05, 4.69) is 10.3 Å². The highest BCUT2D eigenvalue weighted by atomic mass is 32.2. The number of imidazole rings is 1. The molecule has 0 aliphatic carbocycles. The summed E-state index contributed by atoms with van der Waals surface area (Å²) >= 11 is 0. The fraction of sp³-hybridized carbons (Fsp3) is 0.278. The third-order valence-corrected chi connectivity index (χ3v) is 4.79. The highest BCUT2D eigenvalue weighted by Gasteiger charge is 2.17. The molecular formula is C18H21N3O2S. The molecule has 0 spiro atoms. The number of nitrogens with one attached hydrogen (secondary N) is 1. The fourth-order valence-corrected chi connectivity index (χ4v) is 3.65. The van der Waals surface area contributed by atoms with Crippen molar-refractivity contribution in [1.82, 2.24) is 14.7 Å². The summed E-state index contributed by atoms with van der Waals surface area (Å²) in [5.74, 6) is 0.0590. The van der Waals surface area contributed by atoms with E-state index in [1.54, 1.807) is 0 Å². The fourth-order valence-electron chi connectivity index (χ4n) is 2.73. The van der Waals surface area contributed by atoms with Crippen molar-refractivity contribution < 1.29 is 8.42 Å². The van der Waals surface area contributed by atoms with Crippen LogP contribution >= 0.6 is 0 Å². The summed E-state index contributed by atoms with van der Waals surface area (Å²) in [6.07, 6.45) is 5.26. The molecule has 0 aliphatic rings. The predicted octanol–water partition coefficient (Wildman–Crippen LogP) is 2.52. The Labute approximate surface area is 142 Å². The van der Waals surface area contributed by atoms with Crippen molar-refractivity contribution in [3.05, 3.63) is 71.7 Å². The van der Waals surface area contributed by atoms with Crippen LogP contribution in [0.5, 0.6) is 0 Å². The Hall–Kier alpha value is -2.18.